The molecule has 0 fully saturated rings. The van der Waals surface area contributed by atoms with Gasteiger partial charge in [-0.25, -0.2) is 4.57 Å². The van der Waals surface area contributed by atoms with E-state index in [1.165, 1.54) is 49.5 Å². The fourth-order valence-corrected chi connectivity index (χ4v) is 5.79. The van der Waals surface area contributed by atoms with E-state index in [-0.39, 0.29) is 10.8 Å². The van der Waals surface area contributed by atoms with E-state index < -0.39 is 0 Å². The lowest BCUT2D eigenvalue weighted by Gasteiger charge is -2.46. The summed E-state index contributed by atoms with van der Waals surface area (Å²) in [5, 5.41) is 4.98. The first-order chi connectivity index (χ1) is 14.7. The number of hydrogen-bond acceptors (Lipinski definition) is 1. The van der Waals surface area contributed by atoms with Gasteiger partial charge in [0.25, 0.3) is 0 Å². The SMILES string of the molecule is Cc1cc2c(oc3ccc4ccccc4c32)c2c1-c1c(ccc[n+]1C)C(C)(C)C2(C)C. The van der Waals surface area contributed by atoms with Crippen molar-refractivity contribution in [2.75, 3.05) is 0 Å². The summed E-state index contributed by atoms with van der Waals surface area (Å²) in [5.74, 6) is 0. The van der Waals surface area contributed by atoms with Crippen molar-refractivity contribution in [3.8, 4) is 11.3 Å². The minimum absolute atomic E-state index is 0.0455. The molecule has 0 saturated heterocycles. The van der Waals surface area contributed by atoms with Gasteiger partial charge in [-0.3, -0.25) is 0 Å². The average Bonchev–Trinajstić information content (AvgIpc) is 3.10. The molecule has 0 aliphatic heterocycles. The first-order valence-electron chi connectivity index (χ1n) is 11.1. The van der Waals surface area contributed by atoms with Gasteiger partial charge in [0.1, 0.15) is 18.2 Å². The molecule has 3 aromatic carbocycles. The Labute approximate surface area is 183 Å². The molecule has 0 radical (unpaired) electrons. The molecule has 2 nitrogen and oxygen atoms in total. The van der Waals surface area contributed by atoms with E-state index in [1.807, 2.05) is 0 Å². The summed E-state index contributed by atoms with van der Waals surface area (Å²) in [5.41, 5.74) is 8.56. The maximum absolute atomic E-state index is 6.69. The fourth-order valence-electron chi connectivity index (χ4n) is 5.79. The number of furan rings is 1. The zero-order valence-electron chi connectivity index (χ0n) is 19.1. The van der Waals surface area contributed by atoms with Crippen LogP contribution in [0.2, 0.25) is 0 Å². The lowest BCUT2D eigenvalue weighted by Crippen LogP contribution is -2.48. The third-order valence-corrected chi connectivity index (χ3v) is 8.13. The molecule has 2 heterocycles. The van der Waals surface area contributed by atoms with Crippen LogP contribution >= 0.6 is 0 Å². The number of pyridine rings is 1. The van der Waals surface area contributed by atoms with Crippen LogP contribution in [0.15, 0.2) is 65.2 Å². The summed E-state index contributed by atoms with van der Waals surface area (Å²) in [4.78, 5) is 0. The second kappa shape index (κ2) is 5.76. The summed E-state index contributed by atoms with van der Waals surface area (Å²) in [7, 11) is 2.16. The Morgan fingerprint density at radius 1 is 0.839 bits per heavy atom. The van der Waals surface area contributed by atoms with Gasteiger partial charge in [-0.2, -0.15) is 0 Å². The highest BCUT2D eigenvalue weighted by Crippen LogP contribution is 2.56. The van der Waals surface area contributed by atoms with Crippen molar-refractivity contribution in [2.45, 2.75) is 45.4 Å². The topological polar surface area (TPSA) is 17.0 Å². The molecular weight excluding hydrogens is 378 g/mol. The van der Waals surface area contributed by atoms with Crippen molar-refractivity contribution in [1.82, 2.24) is 0 Å². The number of aromatic nitrogens is 1. The van der Waals surface area contributed by atoms with Crippen molar-refractivity contribution in [1.29, 1.82) is 0 Å². The van der Waals surface area contributed by atoms with Crippen LogP contribution in [0.5, 0.6) is 0 Å². The van der Waals surface area contributed by atoms with Crippen molar-refractivity contribution < 1.29 is 8.98 Å². The standard InChI is InChI=1S/C29H28NO/c1-17-16-20-24-19-11-8-7-10-18(19)13-14-22(24)31-27(20)25-23(17)26-21(12-9-15-30(26)6)28(2,3)29(25,4)5/h7-16H,1-6H3/q+1. The summed E-state index contributed by atoms with van der Waals surface area (Å²) >= 11 is 0. The molecule has 0 unspecified atom stereocenters. The zero-order valence-corrected chi connectivity index (χ0v) is 19.1. The van der Waals surface area contributed by atoms with E-state index >= 15 is 0 Å². The van der Waals surface area contributed by atoms with Crippen LogP contribution in [0.3, 0.4) is 0 Å². The van der Waals surface area contributed by atoms with Gasteiger partial charge in [0, 0.05) is 38.8 Å². The highest BCUT2D eigenvalue weighted by Gasteiger charge is 2.51. The van der Waals surface area contributed by atoms with Crippen LogP contribution in [0.25, 0.3) is 44.0 Å². The van der Waals surface area contributed by atoms with Gasteiger partial charge in [0.05, 0.1) is 5.56 Å². The van der Waals surface area contributed by atoms with E-state index in [0.29, 0.717) is 0 Å². The second-order valence-corrected chi connectivity index (χ2v) is 10.2. The summed E-state index contributed by atoms with van der Waals surface area (Å²) in [6, 6.07) is 19.7. The third kappa shape index (κ3) is 2.15. The molecule has 2 aromatic heterocycles. The number of benzene rings is 3. The molecule has 0 N–H and O–H groups in total. The third-order valence-electron chi connectivity index (χ3n) is 8.13. The Kier molecular flexibility index (Phi) is 3.46. The van der Waals surface area contributed by atoms with E-state index in [4.69, 9.17) is 4.42 Å². The molecule has 154 valence electrons. The molecule has 0 bridgehead atoms. The Morgan fingerprint density at radius 3 is 2.42 bits per heavy atom. The van der Waals surface area contributed by atoms with Gasteiger partial charge >= 0.3 is 0 Å². The highest BCUT2D eigenvalue weighted by atomic mass is 16.3. The summed E-state index contributed by atoms with van der Waals surface area (Å²) in [6.07, 6.45) is 2.16. The van der Waals surface area contributed by atoms with Crippen molar-refractivity contribution in [2.24, 2.45) is 7.05 Å². The van der Waals surface area contributed by atoms with Crippen molar-refractivity contribution >= 4 is 32.7 Å². The maximum Gasteiger partial charge on any atom is 0.216 e. The molecule has 2 heteroatoms. The van der Waals surface area contributed by atoms with Crippen molar-refractivity contribution in [3.05, 3.63) is 77.5 Å². The minimum Gasteiger partial charge on any atom is -0.456 e. The normalized spacial score (nSPS) is 16.6. The van der Waals surface area contributed by atoms with Crippen LogP contribution < -0.4 is 4.57 Å². The zero-order chi connectivity index (χ0) is 21.7. The summed E-state index contributed by atoms with van der Waals surface area (Å²) in [6.45, 7) is 11.8. The van der Waals surface area contributed by atoms with Crippen LogP contribution in [0, 0.1) is 6.92 Å². The van der Waals surface area contributed by atoms with E-state index in [1.54, 1.807) is 0 Å². The molecular formula is C29H28NO+. The molecule has 0 spiro atoms. The maximum atomic E-state index is 6.69. The van der Waals surface area contributed by atoms with E-state index in [2.05, 4.69) is 107 Å². The molecule has 1 aliphatic rings. The lowest BCUT2D eigenvalue weighted by atomic mass is 9.55. The number of aryl methyl sites for hydroxylation is 2. The number of fused-ring (bicyclic) bond motifs is 9. The van der Waals surface area contributed by atoms with Gasteiger partial charge in [-0.15, -0.1) is 0 Å². The van der Waals surface area contributed by atoms with Gasteiger partial charge < -0.3 is 4.42 Å². The van der Waals surface area contributed by atoms with Crippen LogP contribution in [0.1, 0.15) is 44.4 Å². The Bertz CT molecular complexity index is 1550. The lowest BCUT2D eigenvalue weighted by molar-refractivity contribution is -0.661. The Morgan fingerprint density at radius 2 is 1.61 bits per heavy atom. The van der Waals surface area contributed by atoms with Crippen LogP contribution in [0.4, 0.5) is 0 Å². The quantitative estimate of drug-likeness (QED) is 0.250. The summed E-state index contributed by atoms with van der Waals surface area (Å²) < 4.78 is 8.97. The Balaban J connectivity index is 1.88. The van der Waals surface area contributed by atoms with Gasteiger partial charge in [-0.05, 0) is 41.5 Å². The van der Waals surface area contributed by atoms with Gasteiger partial charge in [-0.1, -0.05) is 58.0 Å². The van der Waals surface area contributed by atoms with E-state index in [0.717, 1.165) is 11.2 Å². The predicted molar refractivity (Wildman–Crippen MR) is 129 cm³/mol. The molecule has 1 aliphatic carbocycles. The van der Waals surface area contributed by atoms with Gasteiger partial charge in [0.15, 0.2) is 6.20 Å². The fraction of sp³-hybridized carbons (Fsp3) is 0.276. The molecule has 6 rings (SSSR count). The van der Waals surface area contributed by atoms with Crippen LogP contribution in [-0.2, 0) is 17.9 Å². The largest absolute Gasteiger partial charge is 0.456 e. The Hall–Kier alpha value is -3.13. The van der Waals surface area contributed by atoms with Crippen LogP contribution in [-0.4, -0.2) is 0 Å². The smallest absolute Gasteiger partial charge is 0.216 e. The molecule has 0 saturated carbocycles. The molecule has 0 atom stereocenters. The number of hydrogen-bond donors (Lipinski definition) is 0. The average molecular weight is 407 g/mol. The highest BCUT2D eigenvalue weighted by molar-refractivity contribution is 6.20. The number of nitrogens with zero attached hydrogens (tertiary/aromatic N) is 1. The van der Waals surface area contributed by atoms with E-state index in [9.17, 15) is 0 Å². The predicted octanol–water partition coefficient (Wildman–Crippen LogP) is 7.11. The monoisotopic (exact) mass is 406 g/mol. The minimum atomic E-state index is -0.0996. The first-order valence-corrected chi connectivity index (χ1v) is 11.1. The first kappa shape index (κ1) is 18.6. The molecule has 5 aromatic rings. The van der Waals surface area contributed by atoms with Gasteiger partial charge in [0.2, 0.25) is 5.69 Å². The molecule has 31 heavy (non-hydrogen) atoms. The second-order valence-electron chi connectivity index (χ2n) is 10.2. The number of rotatable bonds is 0. The van der Waals surface area contributed by atoms with Crippen molar-refractivity contribution in [3.63, 3.8) is 0 Å². The molecule has 0 amide bonds.